The standard InChI is InChI=1S/C21H25N5O12P2.C6H15N/c22-18-15-20-23-9-25(18)21-17(29)16(28)13(37-21)8-35-40(32,33)38-39(30,31)34-7-12-11(27)6-14(36-12)26(20)19(24-15)10-4-2-1-3-5-10;1-4-7(5-2)6-3/h1-5,9,11-14,16-17,21-22,27-29H,6-8H2,(H2,30,31,32,33);4-6H2,1-3H3/t11-,12+,13+,14+,16+,17+,21+;/m0./s1. The molecule has 0 amide bonds. The third kappa shape index (κ3) is 7.76. The molecule has 6 N–H and O–H groups in total. The molecule has 7 rings (SSSR count). The molecule has 0 spiro atoms. The van der Waals surface area contributed by atoms with Crippen LogP contribution in [0, 0.1) is 0 Å². The lowest BCUT2D eigenvalue weighted by Crippen LogP contribution is -2.48. The molecule has 4 aliphatic rings. The summed E-state index contributed by atoms with van der Waals surface area (Å²) in [5, 5.41) is 31.8. The first-order valence-electron chi connectivity index (χ1n) is 15.1. The predicted molar refractivity (Wildman–Crippen MR) is 162 cm³/mol. The molecule has 18 nitrogen and oxygen atoms in total. The number of phosphoric ester groups is 2. The maximum atomic E-state index is 12.3. The monoisotopic (exact) mass is 702 g/mol. The Morgan fingerprint density at radius 1 is 1.02 bits per heavy atom. The largest absolute Gasteiger partial charge is 0.756 e. The van der Waals surface area contributed by atoms with Gasteiger partial charge in [-0.2, -0.15) is 0 Å². The Bertz CT molecular complexity index is 1620. The summed E-state index contributed by atoms with van der Waals surface area (Å²) in [5.74, 6) is 0.365. The summed E-state index contributed by atoms with van der Waals surface area (Å²) in [4.78, 5) is 33.7. The number of ether oxygens (including phenoxy) is 2. The lowest BCUT2D eigenvalue weighted by molar-refractivity contribution is -0.755. The number of phosphoric acid groups is 2. The maximum Gasteiger partial charge on any atom is 0.478 e. The van der Waals surface area contributed by atoms with E-state index in [1.165, 1.54) is 30.5 Å². The van der Waals surface area contributed by atoms with Crippen LogP contribution in [0.5, 0.6) is 0 Å². The topological polar surface area (TPSA) is 248 Å². The van der Waals surface area contributed by atoms with Crippen LogP contribution < -0.4 is 15.2 Å². The van der Waals surface area contributed by atoms with E-state index < -0.39 is 71.8 Å². The third-order valence-electron chi connectivity index (χ3n) is 8.19. The van der Waals surface area contributed by atoms with Gasteiger partial charge in [0.05, 0.1) is 19.3 Å². The number of rotatable bonds is 4. The highest BCUT2D eigenvalue weighted by molar-refractivity contribution is 7.60. The Hall–Kier alpha value is -2.41. The van der Waals surface area contributed by atoms with Crippen molar-refractivity contribution in [1.29, 1.82) is 0 Å². The first-order chi connectivity index (χ1) is 22.3. The molecule has 8 bridgehead atoms. The van der Waals surface area contributed by atoms with Gasteiger partial charge in [-0.1, -0.05) is 56.1 Å². The predicted octanol–water partition coefficient (Wildman–Crippen LogP) is 0.216. The SMILES string of the molecule is CCN(CC)CC.Nc1c2nc(-c3ccccc3)n3c2nc[n+]1[C@@H]1O[C@H](COP(=O)([O-])OP(=O)(O)OC[C@H]2O[C@@H]3C[C@@H]2O)[C@@H](O)[C@H]1O. The van der Waals surface area contributed by atoms with E-state index >= 15 is 0 Å². The van der Waals surface area contributed by atoms with E-state index in [-0.39, 0.29) is 23.4 Å². The number of nitrogen functional groups attached to an aromatic ring is 1. The minimum atomic E-state index is -5.48. The Labute approximate surface area is 270 Å². The van der Waals surface area contributed by atoms with Crippen LogP contribution in [0.15, 0.2) is 36.7 Å². The summed E-state index contributed by atoms with van der Waals surface area (Å²) < 4.78 is 52.6. The third-order valence-corrected chi connectivity index (χ3v) is 10.8. The molecular weight excluding hydrogens is 662 g/mol. The van der Waals surface area contributed by atoms with Crippen LogP contribution in [-0.4, -0.2) is 103 Å². The zero-order valence-corrected chi connectivity index (χ0v) is 27.8. The van der Waals surface area contributed by atoms with E-state index in [0.29, 0.717) is 11.4 Å². The number of aliphatic hydroxyl groups excluding tert-OH is 3. The Balaban J connectivity index is 0.000000559. The highest BCUT2D eigenvalue weighted by Gasteiger charge is 2.48. The maximum absolute atomic E-state index is 12.3. The Morgan fingerprint density at radius 2 is 1.68 bits per heavy atom. The van der Waals surface area contributed by atoms with E-state index in [2.05, 4.69) is 44.5 Å². The molecule has 0 radical (unpaired) electrons. The molecular formula is C27H40N6O12P2. The molecule has 9 atom stereocenters. The van der Waals surface area contributed by atoms with Crippen LogP contribution in [-0.2, 0) is 32.0 Å². The van der Waals surface area contributed by atoms with Crippen LogP contribution in [0.2, 0.25) is 0 Å². The van der Waals surface area contributed by atoms with Crippen molar-refractivity contribution in [2.75, 3.05) is 38.6 Å². The van der Waals surface area contributed by atoms with Gasteiger partial charge in [-0.05, 0) is 19.6 Å². The molecule has 0 saturated carbocycles. The van der Waals surface area contributed by atoms with E-state index in [0.717, 1.165) is 0 Å². The van der Waals surface area contributed by atoms with Gasteiger partial charge in [-0.25, -0.2) is 18.4 Å². The van der Waals surface area contributed by atoms with E-state index in [1.807, 2.05) is 6.07 Å². The van der Waals surface area contributed by atoms with Crippen LogP contribution in [0.1, 0.15) is 39.6 Å². The minimum Gasteiger partial charge on any atom is -0.756 e. The Morgan fingerprint density at radius 3 is 2.32 bits per heavy atom. The molecule has 0 aliphatic carbocycles. The average Bonchev–Trinajstić information content (AvgIpc) is 3.69. The fraction of sp³-hybridized carbons (Fsp3) is 0.593. The second kappa shape index (κ2) is 14.6. The van der Waals surface area contributed by atoms with Crippen LogP contribution in [0.3, 0.4) is 0 Å². The van der Waals surface area contributed by atoms with Crippen molar-refractivity contribution in [2.24, 2.45) is 0 Å². The average molecular weight is 703 g/mol. The minimum absolute atomic E-state index is 0.00246. The highest BCUT2D eigenvalue weighted by Crippen LogP contribution is 2.58. The quantitative estimate of drug-likeness (QED) is 0.180. The normalized spacial score (nSPS) is 34.4. The molecule has 20 heteroatoms. The molecule has 260 valence electrons. The van der Waals surface area contributed by atoms with Crippen molar-refractivity contribution in [3.63, 3.8) is 0 Å². The Kier molecular flexibility index (Phi) is 11.1. The van der Waals surface area contributed by atoms with Crippen LogP contribution in [0.4, 0.5) is 5.82 Å². The highest BCUT2D eigenvalue weighted by atomic mass is 31.3. The summed E-state index contributed by atoms with van der Waals surface area (Å²) in [7, 11) is -10.7. The molecule has 2 fully saturated rings. The lowest BCUT2D eigenvalue weighted by atomic mass is 10.1. The van der Waals surface area contributed by atoms with Crippen LogP contribution in [0.25, 0.3) is 22.6 Å². The number of anilines is 1. The molecule has 2 unspecified atom stereocenters. The number of nitrogens with two attached hydrogens (primary N) is 1. The van der Waals surface area contributed by atoms with Gasteiger partial charge in [-0.15, -0.1) is 0 Å². The van der Waals surface area contributed by atoms with Crippen LogP contribution >= 0.6 is 15.6 Å². The second-order valence-corrected chi connectivity index (χ2v) is 14.1. The first-order valence-corrected chi connectivity index (χ1v) is 18.1. The number of fused-ring (bicyclic) bond motifs is 7. The number of hydrogen-bond donors (Lipinski definition) is 5. The number of hydrogen-bond acceptors (Lipinski definition) is 15. The smallest absolute Gasteiger partial charge is 0.478 e. The van der Waals surface area contributed by atoms with Crippen molar-refractivity contribution in [3.8, 4) is 11.4 Å². The second-order valence-electron chi connectivity index (χ2n) is 11.1. The lowest BCUT2D eigenvalue weighted by Gasteiger charge is -2.26. The fourth-order valence-corrected chi connectivity index (χ4v) is 7.64. The van der Waals surface area contributed by atoms with Crippen molar-refractivity contribution in [3.05, 3.63) is 36.7 Å². The number of aliphatic hydroxyl groups is 3. The van der Waals surface area contributed by atoms with Gasteiger partial charge in [0.25, 0.3) is 13.6 Å². The van der Waals surface area contributed by atoms with Crippen molar-refractivity contribution in [1.82, 2.24) is 19.4 Å². The summed E-state index contributed by atoms with van der Waals surface area (Å²) >= 11 is 0. The zero-order chi connectivity index (χ0) is 34.1. The molecule has 1 aromatic carbocycles. The van der Waals surface area contributed by atoms with Crippen molar-refractivity contribution in [2.45, 2.75) is 70.2 Å². The molecule has 47 heavy (non-hydrogen) atoms. The molecule has 6 heterocycles. The zero-order valence-electron chi connectivity index (χ0n) is 26.0. The first kappa shape index (κ1) is 35.9. The number of nitrogens with zero attached hydrogens (tertiary/aromatic N) is 5. The van der Waals surface area contributed by atoms with E-state index in [9.17, 15) is 34.2 Å². The molecule has 2 saturated heterocycles. The van der Waals surface area contributed by atoms with Gasteiger partial charge >= 0.3 is 7.82 Å². The van der Waals surface area contributed by atoms with Crippen molar-refractivity contribution < 1.29 is 61.6 Å². The summed E-state index contributed by atoms with van der Waals surface area (Å²) in [6.45, 7) is 8.52. The number of benzene rings is 1. The summed E-state index contributed by atoms with van der Waals surface area (Å²) in [5.41, 5.74) is 7.54. The molecule has 2 aromatic heterocycles. The van der Waals surface area contributed by atoms with Gasteiger partial charge in [0.1, 0.15) is 36.5 Å². The van der Waals surface area contributed by atoms with Gasteiger partial charge in [0, 0.05) is 12.0 Å². The summed E-state index contributed by atoms with van der Waals surface area (Å²) in [6, 6.07) is 8.97. The van der Waals surface area contributed by atoms with Gasteiger partial charge in [0.15, 0.2) is 5.52 Å². The molecule has 4 aliphatic heterocycles. The van der Waals surface area contributed by atoms with E-state index in [1.54, 1.807) is 28.8 Å². The summed E-state index contributed by atoms with van der Waals surface area (Å²) in [6.07, 6.45) is -8.03. The van der Waals surface area contributed by atoms with Gasteiger partial charge < -0.3 is 49.7 Å². The van der Waals surface area contributed by atoms with Crippen molar-refractivity contribution >= 4 is 32.6 Å². The van der Waals surface area contributed by atoms with Gasteiger partial charge in [0.2, 0.25) is 18.2 Å². The molecule has 3 aromatic rings. The number of aromatic nitrogens is 4. The number of imidazole rings is 1. The van der Waals surface area contributed by atoms with Gasteiger partial charge in [-0.3, -0.25) is 13.7 Å². The van der Waals surface area contributed by atoms with E-state index in [4.69, 9.17) is 19.7 Å². The fourth-order valence-electron chi connectivity index (χ4n) is 5.58.